The molecule has 0 aliphatic carbocycles. The molecule has 3 aromatic rings. The summed E-state index contributed by atoms with van der Waals surface area (Å²) in [5.41, 5.74) is 2.25. The SMILES string of the molecule is Cc1cnc(Nc2ccnn2C)nc1-c1cn2c(n1)C(=O)NCC2. The number of carbonyl (C=O) groups excluding carboxylic acids is 1. The van der Waals surface area contributed by atoms with Crippen LogP contribution in [-0.4, -0.2) is 41.8 Å². The van der Waals surface area contributed by atoms with Crippen LogP contribution in [-0.2, 0) is 13.6 Å². The molecule has 4 rings (SSSR count). The minimum atomic E-state index is -0.160. The zero-order valence-electron chi connectivity index (χ0n) is 13.3. The fourth-order valence-electron chi connectivity index (χ4n) is 2.62. The van der Waals surface area contributed by atoms with Gasteiger partial charge in [-0.05, 0) is 12.5 Å². The highest BCUT2D eigenvalue weighted by Gasteiger charge is 2.21. The second-order valence-corrected chi connectivity index (χ2v) is 5.59. The van der Waals surface area contributed by atoms with Gasteiger partial charge in [0.05, 0.1) is 11.9 Å². The van der Waals surface area contributed by atoms with Crippen LogP contribution in [0.3, 0.4) is 0 Å². The Morgan fingerprint density at radius 2 is 2.21 bits per heavy atom. The molecule has 9 heteroatoms. The lowest BCUT2D eigenvalue weighted by atomic mass is 10.2. The highest BCUT2D eigenvalue weighted by Crippen LogP contribution is 2.23. The summed E-state index contributed by atoms with van der Waals surface area (Å²) in [7, 11) is 1.83. The molecule has 0 radical (unpaired) electrons. The number of carbonyl (C=O) groups is 1. The number of rotatable bonds is 3. The largest absolute Gasteiger partial charge is 0.348 e. The number of amides is 1. The third kappa shape index (κ3) is 2.39. The molecule has 0 saturated carbocycles. The Morgan fingerprint density at radius 1 is 1.33 bits per heavy atom. The van der Waals surface area contributed by atoms with Gasteiger partial charge in [0.1, 0.15) is 11.5 Å². The maximum atomic E-state index is 11.9. The lowest BCUT2D eigenvalue weighted by molar-refractivity contribution is 0.0922. The van der Waals surface area contributed by atoms with Crippen molar-refractivity contribution in [2.45, 2.75) is 13.5 Å². The zero-order valence-corrected chi connectivity index (χ0v) is 13.3. The van der Waals surface area contributed by atoms with Gasteiger partial charge in [0, 0.05) is 38.6 Å². The highest BCUT2D eigenvalue weighted by molar-refractivity contribution is 5.92. The van der Waals surface area contributed by atoms with E-state index in [0.29, 0.717) is 36.3 Å². The maximum Gasteiger partial charge on any atom is 0.287 e. The van der Waals surface area contributed by atoms with Crippen LogP contribution in [0.4, 0.5) is 11.8 Å². The van der Waals surface area contributed by atoms with E-state index in [4.69, 9.17) is 0 Å². The summed E-state index contributed by atoms with van der Waals surface area (Å²) in [4.78, 5) is 25.2. The summed E-state index contributed by atoms with van der Waals surface area (Å²) in [6.07, 6.45) is 5.29. The van der Waals surface area contributed by atoms with Crippen molar-refractivity contribution >= 4 is 17.7 Å². The lowest BCUT2D eigenvalue weighted by Crippen LogP contribution is -2.35. The Balaban J connectivity index is 1.72. The minimum absolute atomic E-state index is 0.160. The molecule has 0 unspecified atom stereocenters. The van der Waals surface area contributed by atoms with Gasteiger partial charge in [0.2, 0.25) is 5.95 Å². The van der Waals surface area contributed by atoms with Gasteiger partial charge in [-0.1, -0.05) is 0 Å². The zero-order chi connectivity index (χ0) is 16.7. The summed E-state index contributed by atoms with van der Waals surface area (Å²) in [6, 6.07) is 1.84. The van der Waals surface area contributed by atoms with Crippen LogP contribution >= 0.6 is 0 Å². The average molecular weight is 324 g/mol. The van der Waals surface area contributed by atoms with Gasteiger partial charge >= 0.3 is 0 Å². The molecule has 4 heterocycles. The van der Waals surface area contributed by atoms with E-state index in [-0.39, 0.29) is 5.91 Å². The van der Waals surface area contributed by atoms with Crippen molar-refractivity contribution in [1.29, 1.82) is 0 Å². The number of anilines is 2. The third-order valence-electron chi connectivity index (χ3n) is 3.89. The summed E-state index contributed by atoms with van der Waals surface area (Å²) < 4.78 is 3.55. The van der Waals surface area contributed by atoms with Gasteiger partial charge in [-0.25, -0.2) is 15.0 Å². The van der Waals surface area contributed by atoms with Crippen LogP contribution in [0.1, 0.15) is 16.2 Å². The van der Waals surface area contributed by atoms with E-state index >= 15 is 0 Å². The maximum absolute atomic E-state index is 11.9. The van der Waals surface area contributed by atoms with Crippen molar-refractivity contribution in [3.63, 3.8) is 0 Å². The third-order valence-corrected chi connectivity index (χ3v) is 3.89. The molecule has 9 nitrogen and oxygen atoms in total. The topological polar surface area (TPSA) is 103 Å². The van der Waals surface area contributed by atoms with Crippen LogP contribution in [0.5, 0.6) is 0 Å². The van der Waals surface area contributed by atoms with Crippen LogP contribution in [0.2, 0.25) is 0 Å². The summed E-state index contributed by atoms with van der Waals surface area (Å²) in [5, 5.41) is 10.0. The van der Waals surface area contributed by atoms with Crippen LogP contribution < -0.4 is 10.6 Å². The molecule has 1 amide bonds. The summed E-state index contributed by atoms with van der Waals surface area (Å²) >= 11 is 0. The molecule has 0 atom stereocenters. The first-order chi connectivity index (χ1) is 11.6. The van der Waals surface area contributed by atoms with Gasteiger partial charge in [-0.15, -0.1) is 0 Å². The number of hydrogen-bond donors (Lipinski definition) is 2. The second-order valence-electron chi connectivity index (χ2n) is 5.59. The van der Waals surface area contributed by atoms with E-state index in [1.165, 1.54) is 0 Å². The van der Waals surface area contributed by atoms with E-state index in [2.05, 4.69) is 30.7 Å². The number of imidazole rings is 1. The van der Waals surface area contributed by atoms with Crippen molar-refractivity contribution in [3.8, 4) is 11.4 Å². The molecular weight excluding hydrogens is 308 g/mol. The van der Waals surface area contributed by atoms with E-state index < -0.39 is 0 Å². The normalized spacial score (nSPS) is 13.5. The van der Waals surface area contributed by atoms with Gasteiger partial charge in [0.15, 0.2) is 5.82 Å². The van der Waals surface area contributed by atoms with Gasteiger partial charge in [-0.3, -0.25) is 9.48 Å². The number of nitrogens with zero attached hydrogens (tertiary/aromatic N) is 6. The monoisotopic (exact) mass is 324 g/mol. The molecular formula is C15H16N8O. The first-order valence-electron chi connectivity index (χ1n) is 7.56. The molecule has 0 fully saturated rings. The van der Waals surface area contributed by atoms with E-state index in [1.54, 1.807) is 17.1 Å². The van der Waals surface area contributed by atoms with Gasteiger partial charge < -0.3 is 15.2 Å². The molecule has 122 valence electrons. The van der Waals surface area contributed by atoms with Crippen LogP contribution in [0.25, 0.3) is 11.4 Å². The highest BCUT2D eigenvalue weighted by atomic mass is 16.2. The fourth-order valence-corrected chi connectivity index (χ4v) is 2.62. The molecule has 0 saturated heterocycles. The number of nitrogens with one attached hydrogen (secondary N) is 2. The molecule has 0 spiro atoms. The quantitative estimate of drug-likeness (QED) is 0.741. The molecule has 1 aliphatic rings. The van der Waals surface area contributed by atoms with Crippen molar-refractivity contribution < 1.29 is 4.79 Å². The van der Waals surface area contributed by atoms with Crippen molar-refractivity contribution in [2.75, 3.05) is 11.9 Å². The smallest absolute Gasteiger partial charge is 0.287 e. The predicted molar refractivity (Wildman–Crippen MR) is 86.8 cm³/mol. The van der Waals surface area contributed by atoms with Crippen molar-refractivity contribution in [1.82, 2.24) is 34.6 Å². The summed E-state index contributed by atoms with van der Waals surface area (Å²) in [6.45, 7) is 3.23. The van der Waals surface area contributed by atoms with Gasteiger partial charge in [0.25, 0.3) is 5.91 Å². The van der Waals surface area contributed by atoms with E-state index in [1.807, 2.05) is 30.8 Å². The van der Waals surface area contributed by atoms with Gasteiger partial charge in [-0.2, -0.15) is 5.10 Å². The Kier molecular flexibility index (Phi) is 3.26. The predicted octanol–water partition coefficient (Wildman–Crippen LogP) is 0.869. The molecule has 0 bridgehead atoms. The molecule has 0 aromatic carbocycles. The van der Waals surface area contributed by atoms with E-state index in [9.17, 15) is 4.79 Å². The molecule has 24 heavy (non-hydrogen) atoms. The Labute approximate surface area is 137 Å². The first kappa shape index (κ1) is 14.4. The molecule has 1 aliphatic heterocycles. The second kappa shape index (κ2) is 5.44. The first-order valence-corrected chi connectivity index (χ1v) is 7.56. The molecule has 2 N–H and O–H groups in total. The van der Waals surface area contributed by atoms with E-state index in [0.717, 1.165) is 11.4 Å². The number of fused-ring (bicyclic) bond motifs is 1. The molecule has 3 aromatic heterocycles. The Morgan fingerprint density at radius 3 is 2.96 bits per heavy atom. The number of aromatic nitrogens is 6. The van der Waals surface area contributed by atoms with Crippen molar-refractivity contribution in [3.05, 3.63) is 36.0 Å². The lowest BCUT2D eigenvalue weighted by Gasteiger charge is -2.13. The van der Waals surface area contributed by atoms with Crippen molar-refractivity contribution in [2.24, 2.45) is 7.05 Å². The average Bonchev–Trinajstić information content (AvgIpc) is 3.17. The Hall–Kier alpha value is -3.23. The Bertz CT molecular complexity index is 925. The number of hydrogen-bond acceptors (Lipinski definition) is 6. The van der Waals surface area contributed by atoms with Crippen LogP contribution in [0.15, 0.2) is 24.7 Å². The summed E-state index contributed by atoms with van der Waals surface area (Å²) in [5.74, 6) is 1.49. The number of aryl methyl sites for hydroxylation is 2. The minimum Gasteiger partial charge on any atom is -0.348 e. The fraction of sp³-hybridized carbons (Fsp3) is 0.267. The van der Waals surface area contributed by atoms with Crippen LogP contribution in [0, 0.1) is 6.92 Å². The standard InChI is InChI=1S/C15H16N8O/c1-9-7-17-15(20-11-3-4-18-22(11)2)21-12(9)10-8-23-6-5-16-14(24)13(23)19-10/h3-4,7-8H,5-6H2,1-2H3,(H,16,24)(H,17,20,21).